The predicted octanol–water partition coefficient (Wildman–Crippen LogP) is 4.97. The summed E-state index contributed by atoms with van der Waals surface area (Å²) in [6.45, 7) is 0.711. The summed E-state index contributed by atoms with van der Waals surface area (Å²) in [7, 11) is 1.99. The molecule has 2 nitrogen and oxygen atoms in total. The molecule has 0 bridgehead atoms. The Morgan fingerprint density at radius 3 is 2.47 bits per heavy atom. The average molecular weight is 360 g/mol. The second-order valence-electron chi connectivity index (χ2n) is 4.31. The van der Waals surface area contributed by atoms with Crippen LogP contribution in [0.3, 0.4) is 0 Å². The first kappa shape index (κ1) is 14.5. The van der Waals surface area contributed by atoms with E-state index in [4.69, 9.17) is 28.9 Å². The number of hydrogen-bond donors (Lipinski definition) is 1. The average Bonchev–Trinajstić information content (AvgIpc) is 2.33. The molecule has 0 aliphatic carbocycles. The molecule has 5 heteroatoms. The van der Waals surface area contributed by atoms with Gasteiger partial charge in [0.1, 0.15) is 0 Å². The molecule has 2 rings (SSSR count). The Morgan fingerprint density at radius 1 is 1.11 bits per heavy atom. The van der Waals surface area contributed by atoms with Crippen LogP contribution < -0.4 is 10.6 Å². The van der Waals surface area contributed by atoms with Gasteiger partial charge in [-0.25, -0.2) is 0 Å². The van der Waals surface area contributed by atoms with Gasteiger partial charge in [0.2, 0.25) is 0 Å². The molecule has 19 heavy (non-hydrogen) atoms. The molecule has 0 radical (unpaired) electrons. The van der Waals surface area contributed by atoms with Crippen molar-refractivity contribution in [3.63, 3.8) is 0 Å². The van der Waals surface area contributed by atoms with Gasteiger partial charge < -0.3 is 10.6 Å². The Morgan fingerprint density at radius 2 is 1.84 bits per heavy atom. The maximum Gasteiger partial charge on any atom is 0.0601 e. The van der Waals surface area contributed by atoms with Crippen LogP contribution in [-0.2, 0) is 6.54 Å². The van der Waals surface area contributed by atoms with Crippen molar-refractivity contribution < 1.29 is 0 Å². The molecule has 0 spiro atoms. The van der Waals surface area contributed by atoms with E-state index >= 15 is 0 Å². The number of benzene rings is 2. The van der Waals surface area contributed by atoms with Crippen molar-refractivity contribution in [2.45, 2.75) is 6.54 Å². The zero-order valence-corrected chi connectivity index (χ0v) is 13.4. The number of nitrogens with zero attached hydrogens (tertiary/aromatic N) is 1. The van der Waals surface area contributed by atoms with Crippen LogP contribution in [-0.4, -0.2) is 7.05 Å². The lowest BCUT2D eigenvalue weighted by molar-refractivity contribution is 0.925. The van der Waals surface area contributed by atoms with E-state index in [1.54, 1.807) is 6.07 Å². The number of anilines is 2. The monoisotopic (exact) mass is 358 g/mol. The molecule has 0 aromatic heterocycles. The SMILES string of the molecule is CN(Cc1ccc(Cl)c(Cl)c1)c1ccc(Br)cc1N. The van der Waals surface area contributed by atoms with Crippen LogP contribution in [0.1, 0.15) is 5.56 Å². The maximum atomic E-state index is 6.01. The summed E-state index contributed by atoms with van der Waals surface area (Å²) in [4.78, 5) is 2.07. The van der Waals surface area contributed by atoms with Crippen molar-refractivity contribution in [3.8, 4) is 0 Å². The van der Waals surface area contributed by atoms with Crippen LogP contribution >= 0.6 is 39.1 Å². The zero-order valence-electron chi connectivity index (χ0n) is 10.3. The molecule has 0 saturated heterocycles. The van der Waals surface area contributed by atoms with Gasteiger partial charge >= 0.3 is 0 Å². The van der Waals surface area contributed by atoms with E-state index in [0.29, 0.717) is 16.6 Å². The number of nitrogen functional groups attached to an aromatic ring is 1. The van der Waals surface area contributed by atoms with E-state index in [0.717, 1.165) is 21.4 Å². The second-order valence-corrected chi connectivity index (χ2v) is 6.04. The molecule has 0 aliphatic heterocycles. The summed E-state index contributed by atoms with van der Waals surface area (Å²) in [6, 6.07) is 11.5. The van der Waals surface area contributed by atoms with E-state index < -0.39 is 0 Å². The Hall–Kier alpha value is -0.900. The Bertz CT molecular complexity index is 602. The van der Waals surface area contributed by atoms with E-state index in [9.17, 15) is 0 Å². The molecule has 2 aromatic rings. The third-order valence-electron chi connectivity index (χ3n) is 2.80. The normalized spacial score (nSPS) is 10.5. The van der Waals surface area contributed by atoms with E-state index in [2.05, 4.69) is 20.8 Å². The van der Waals surface area contributed by atoms with Gasteiger partial charge in [-0.05, 0) is 35.9 Å². The molecule has 0 heterocycles. The van der Waals surface area contributed by atoms with Gasteiger partial charge in [-0.1, -0.05) is 45.2 Å². The Labute approximate surface area is 131 Å². The third-order valence-corrected chi connectivity index (χ3v) is 4.04. The fourth-order valence-electron chi connectivity index (χ4n) is 1.87. The maximum absolute atomic E-state index is 6.01. The summed E-state index contributed by atoms with van der Waals surface area (Å²) in [6.07, 6.45) is 0. The van der Waals surface area contributed by atoms with Gasteiger partial charge in [0.25, 0.3) is 0 Å². The highest BCUT2D eigenvalue weighted by molar-refractivity contribution is 9.10. The molecule has 0 aliphatic rings. The van der Waals surface area contributed by atoms with Gasteiger partial charge in [-0.2, -0.15) is 0 Å². The molecule has 2 N–H and O–H groups in total. The molecule has 0 atom stereocenters. The largest absolute Gasteiger partial charge is 0.397 e. The first-order chi connectivity index (χ1) is 8.97. The van der Waals surface area contributed by atoms with Crippen molar-refractivity contribution in [2.24, 2.45) is 0 Å². The first-order valence-corrected chi connectivity index (χ1v) is 7.22. The molecule has 0 fully saturated rings. The fourth-order valence-corrected chi connectivity index (χ4v) is 2.57. The summed E-state index contributed by atoms with van der Waals surface area (Å²) in [5.74, 6) is 0. The van der Waals surface area contributed by atoms with Crippen LogP contribution in [0.2, 0.25) is 10.0 Å². The third kappa shape index (κ3) is 3.56. The number of hydrogen-bond acceptors (Lipinski definition) is 2. The molecule has 2 aromatic carbocycles. The van der Waals surface area contributed by atoms with Crippen LogP contribution in [0.15, 0.2) is 40.9 Å². The van der Waals surface area contributed by atoms with Crippen molar-refractivity contribution in [3.05, 3.63) is 56.5 Å². The molecular weight excluding hydrogens is 347 g/mol. The Kier molecular flexibility index (Phi) is 4.61. The lowest BCUT2D eigenvalue weighted by Gasteiger charge is -2.21. The number of rotatable bonds is 3. The highest BCUT2D eigenvalue weighted by atomic mass is 79.9. The number of nitrogens with two attached hydrogens (primary N) is 1. The predicted molar refractivity (Wildman–Crippen MR) is 87.1 cm³/mol. The molecule has 0 unspecified atom stereocenters. The summed E-state index contributed by atoms with van der Waals surface area (Å²) in [5, 5.41) is 1.13. The minimum Gasteiger partial charge on any atom is -0.397 e. The highest BCUT2D eigenvalue weighted by Gasteiger charge is 2.07. The molecular formula is C14H13BrCl2N2. The van der Waals surface area contributed by atoms with Gasteiger partial charge in [-0.15, -0.1) is 0 Å². The van der Waals surface area contributed by atoms with Gasteiger partial charge in [0.05, 0.1) is 21.4 Å². The van der Waals surface area contributed by atoms with Crippen LogP contribution in [0.25, 0.3) is 0 Å². The van der Waals surface area contributed by atoms with Gasteiger partial charge in [0, 0.05) is 18.1 Å². The quantitative estimate of drug-likeness (QED) is 0.783. The molecule has 0 saturated carbocycles. The summed E-state index contributed by atoms with van der Waals surface area (Å²) in [5.41, 5.74) is 8.81. The second kappa shape index (κ2) is 6.04. The zero-order chi connectivity index (χ0) is 14.0. The summed E-state index contributed by atoms with van der Waals surface area (Å²) < 4.78 is 0.969. The summed E-state index contributed by atoms with van der Waals surface area (Å²) >= 11 is 15.3. The van der Waals surface area contributed by atoms with E-state index in [1.165, 1.54) is 0 Å². The first-order valence-electron chi connectivity index (χ1n) is 5.67. The van der Waals surface area contributed by atoms with Crippen molar-refractivity contribution >= 4 is 50.5 Å². The number of halogens is 3. The minimum atomic E-state index is 0.566. The molecule has 0 amide bonds. The fraction of sp³-hybridized carbons (Fsp3) is 0.143. The topological polar surface area (TPSA) is 29.3 Å². The Balaban J connectivity index is 2.20. The minimum absolute atomic E-state index is 0.566. The van der Waals surface area contributed by atoms with Gasteiger partial charge in [-0.3, -0.25) is 0 Å². The van der Waals surface area contributed by atoms with Crippen molar-refractivity contribution in [2.75, 3.05) is 17.7 Å². The van der Waals surface area contributed by atoms with Gasteiger partial charge in [0.15, 0.2) is 0 Å². The van der Waals surface area contributed by atoms with E-state index in [-0.39, 0.29) is 0 Å². The van der Waals surface area contributed by atoms with Crippen LogP contribution in [0.4, 0.5) is 11.4 Å². The molecule has 100 valence electrons. The van der Waals surface area contributed by atoms with Crippen molar-refractivity contribution in [1.82, 2.24) is 0 Å². The van der Waals surface area contributed by atoms with Crippen LogP contribution in [0.5, 0.6) is 0 Å². The lowest BCUT2D eigenvalue weighted by Crippen LogP contribution is -2.17. The van der Waals surface area contributed by atoms with E-state index in [1.807, 2.05) is 37.4 Å². The highest BCUT2D eigenvalue weighted by Crippen LogP contribution is 2.28. The standard InChI is InChI=1S/C14H13BrCl2N2/c1-19(14-5-3-10(15)7-13(14)18)8-9-2-4-11(16)12(17)6-9/h2-7H,8,18H2,1H3. The van der Waals surface area contributed by atoms with Crippen LogP contribution in [0, 0.1) is 0 Å². The smallest absolute Gasteiger partial charge is 0.0601 e. The van der Waals surface area contributed by atoms with Crippen molar-refractivity contribution in [1.29, 1.82) is 0 Å². The lowest BCUT2D eigenvalue weighted by atomic mass is 10.2.